The van der Waals surface area contributed by atoms with E-state index in [-0.39, 0.29) is 11.5 Å². The lowest BCUT2D eigenvalue weighted by atomic mass is 10.0. The number of benzene rings is 3. The van der Waals surface area contributed by atoms with Crippen molar-refractivity contribution in [1.82, 2.24) is 29.1 Å². The average molecular weight is 493 g/mol. The summed E-state index contributed by atoms with van der Waals surface area (Å²) >= 11 is 1.51. The van der Waals surface area contributed by atoms with Gasteiger partial charge in [-0.05, 0) is 42.7 Å². The van der Waals surface area contributed by atoms with Gasteiger partial charge >= 0.3 is 0 Å². The molecule has 3 aromatic carbocycles. The lowest BCUT2D eigenvalue weighted by Crippen LogP contribution is -2.23. The van der Waals surface area contributed by atoms with Gasteiger partial charge in [-0.15, -0.1) is 10.2 Å². The summed E-state index contributed by atoms with van der Waals surface area (Å²) in [7, 11) is 0. The first-order valence-corrected chi connectivity index (χ1v) is 12.8. The lowest BCUT2D eigenvalue weighted by Gasteiger charge is -2.16. The number of hydrogen-bond donors (Lipinski definition) is 0. The molecule has 0 atom stereocenters. The maximum absolute atomic E-state index is 13.7. The van der Waals surface area contributed by atoms with Crippen LogP contribution in [-0.4, -0.2) is 29.1 Å². The molecule has 0 N–H and O–H groups in total. The van der Waals surface area contributed by atoms with Gasteiger partial charge in [0.1, 0.15) is 5.82 Å². The van der Waals surface area contributed by atoms with Crippen molar-refractivity contribution in [2.24, 2.45) is 0 Å². The van der Waals surface area contributed by atoms with Gasteiger partial charge in [0.2, 0.25) is 5.78 Å². The summed E-state index contributed by atoms with van der Waals surface area (Å²) in [4.78, 5) is 23.2. The summed E-state index contributed by atoms with van der Waals surface area (Å²) in [5.41, 5.74) is 4.45. The summed E-state index contributed by atoms with van der Waals surface area (Å²) in [5.74, 6) is 1.99. The third kappa shape index (κ3) is 3.65. The number of nitrogens with zero attached hydrogens (tertiary/aromatic N) is 6. The Balaban J connectivity index is 1.52. The van der Waals surface area contributed by atoms with E-state index in [0.717, 1.165) is 39.2 Å². The summed E-state index contributed by atoms with van der Waals surface area (Å²) in [6.45, 7) is 6.25. The van der Waals surface area contributed by atoms with E-state index < -0.39 is 0 Å². The van der Waals surface area contributed by atoms with Crippen LogP contribution >= 0.6 is 11.8 Å². The molecule has 7 nitrogen and oxygen atoms in total. The van der Waals surface area contributed by atoms with Crippen molar-refractivity contribution in [3.63, 3.8) is 0 Å². The van der Waals surface area contributed by atoms with Crippen LogP contribution in [0.25, 0.3) is 33.3 Å². The zero-order chi connectivity index (χ0) is 24.8. The Morgan fingerprint density at radius 1 is 0.861 bits per heavy atom. The third-order valence-electron chi connectivity index (χ3n) is 6.36. The van der Waals surface area contributed by atoms with Gasteiger partial charge in [0.15, 0.2) is 5.16 Å². The zero-order valence-electron chi connectivity index (χ0n) is 20.2. The average Bonchev–Trinajstić information content (AvgIpc) is 3.31. The lowest BCUT2D eigenvalue weighted by molar-refractivity contribution is 0.837. The van der Waals surface area contributed by atoms with E-state index in [1.54, 1.807) is 4.57 Å². The molecule has 0 aliphatic carbocycles. The van der Waals surface area contributed by atoms with Crippen molar-refractivity contribution in [1.29, 1.82) is 0 Å². The van der Waals surface area contributed by atoms with Gasteiger partial charge in [0.05, 0.1) is 27.9 Å². The number of para-hydroxylation sites is 3. The maximum atomic E-state index is 13.7. The highest BCUT2D eigenvalue weighted by Gasteiger charge is 2.20. The molecule has 0 radical (unpaired) electrons. The fourth-order valence-corrected chi connectivity index (χ4v) is 5.45. The van der Waals surface area contributed by atoms with Crippen molar-refractivity contribution in [2.45, 2.75) is 37.6 Å². The monoisotopic (exact) mass is 492 g/mol. The number of aromatic nitrogens is 6. The number of aryl methyl sites for hydroxylation is 1. The van der Waals surface area contributed by atoms with Crippen LogP contribution in [0.5, 0.6) is 0 Å². The highest BCUT2D eigenvalue weighted by Crippen LogP contribution is 2.28. The predicted octanol–water partition coefficient (Wildman–Crippen LogP) is 5.70. The van der Waals surface area contributed by atoms with E-state index in [2.05, 4.69) is 30.1 Å². The highest BCUT2D eigenvalue weighted by molar-refractivity contribution is 7.98. The fourth-order valence-electron chi connectivity index (χ4n) is 4.66. The van der Waals surface area contributed by atoms with Crippen molar-refractivity contribution in [3.8, 4) is 5.69 Å². The van der Waals surface area contributed by atoms with Gasteiger partial charge in [-0.25, -0.2) is 14.5 Å². The van der Waals surface area contributed by atoms with Gasteiger partial charge in [0, 0.05) is 11.1 Å². The molecule has 6 aromatic rings. The molecule has 0 spiro atoms. The Morgan fingerprint density at radius 2 is 1.58 bits per heavy atom. The van der Waals surface area contributed by atoms with E-state index >= 15 is 0 Å². The SMILES string of the molecule is Cc1nc(CSc2nnc3n(-c4ccccc4C(C)C)c(=O)c4ccccc4n23)nc2ccccc12. The largest absolute Gasteiger partial charge is 0.268 e. The molecule has 0 unspecified atom stereocenters. The highest BCUT2D eigenvalue weighted by atomic mass is 32.2. The summed E-state index contributed by atoms with van der Waals surface area (Å²) in [6.07, 6.45) is 0. The van der Waals surface area contributed by atoms with Crippen LogP contribution in [0.2, 0.25) is 0 Å². The number of hydrogen-bond acceptors (Lipinski definition) is 6. The van der Waals surface area contributed by atoms with Crippen LogP contribution in [0, 0.1) is 6.92 Å². The predicted molar refractivity (Wildman–Crippen MR) is 144 cm³/mol. The van der Waals surface area contributed by atoms with Crippen LogP contribution in [-0.2, 0) is 5.75 Å². The van der Waals surface area contributed by atoms with Gasteiger partial charge in [0.25, 0.3) is 5.56 Å². The topological polar surface area (TPSA) is 78.0 Å². The normalized spacial score (nSPS) is 11.8. The van der Waals surface area contributed by atoms with Gasteiger partial charge in [-0.3, -0.25) is 9.20 Å². The molecule has 36 heavy (non-hydrogen) atoms. The van der Waals surface area contributed by atoms with E-state index in [1.807, 2.05) is 78.1 Å². The fraction of sp³-hybridized carbons (Fsp3) is 0.179. The Labute approximate surface area is 211 Å². The molecule has 0 amide bonds. The van der Waals surface area contributed by atoms with E-state index in [1.165, 1.54) is 11.8 Å². The minimum absolute atomic E-state index is 0.108. The molecule has 3 heterocycles. The molecule has 8 heteroatoms. The Hall–Kier alpha value is -4.04. The number of rotatable bonds is 5. The molecule has 0 aliphatic rings. The smallest absolute Gasteiger partial charge is 0.267 e. The first-order chi connectivity index (χ1) is 17.5. The molecule has 0 aliphatic heterocycles. The molecule has 0 fully saturated rings. The molecule has 178 valence electrons. The Kier molecular flexibility index (Phi) is 5.53. The van der Waals surface area contributed by atoms with Crippen molar-refractivity contribution < 1.29 is 0 Å². The van der Waals surface area contributed by atoms with Gasteiger partial charge in [-0.1, -0.05) is 74.1 Å². The van der Waals surface area contributed by atoms with Crippen molar-refractivity contribution in [3.05, 3.63) is 100 Å². The molecule has 6 rings (SSSR count). The maximum Gasteiger partial charge on any atom is 0.267 e. The van der Waals surface area contributed by atoms with Crippen LogP contribution in [0.15, 0.2) is 82.7 Å². The molecule has 0 bridgehead atoms. The van der Waals surface area contributed by atoms with Gasteiger partial charge in [-0.2, -0.15) is 0 Å². The first kappa shape index (κ1) is 22.4. The second kappa shape index (κ2) is 8.87. The van der Waals surface area contributed by atoms with Gasteiger partial charge < -0.3 is 0 Å². The van der Waals surface area contributed by atoms with E-state index in [9.17, 15) is 4.79 Å². The first-order valence-electron chi connectivity index (χ1n) is 11.9. The molecule has 0 saturated carbocycles. The van der Waals surface area contributed by atoms with E-state index in [4.69, 9.17) is 9.97 Å². The van der Waals surface area contributed by atoms with Crippen LogP contribution in [0.3, 0.4) is 0 Å². The Morgan fingerprint density at radius 3 is 2.42 bits per heavy atom. The summed E-state index contributed by atoms with van der Waals surface area (Å²) < 4.78 is 3.65. The third-order valence-corrected chi connectivity index (χ3v) is 7.29. The molecule has 0 saturated heterocycles. The molecular weight excluding hydrogens is 468 g/mol. The van der Waals surface area contributed by atoms with Crippen molar-refractivity contribution >= 4 is 39.3 Å². The standard InChI is InChI=1S/C28H24N6OS/c1-17(2)19-10-5-8-14-23(19)33-26(35)21-12-6-9-15-24(21)34-27(33)31-32-28(34)36-16-25-29-18(3)20-11-4-7-13-22(20)30-25/h4-15,17H,16H2,1-3H3. The minimum atomic E-state index is -0.108. The van der Waals surface area contributed by atoms with Crippen LogP contribution in [0.1, 0.15) is 36.8 Å². The molecular formula is C28H24N6OS. The van der Waals surface area contributed by atoms with Crippen LogP contribution in [0.4, 0.5) is 0 Å². The van der Waals surface area contributed by atoms with E-state index in [0.29, 0.717) is 22.1 Å². The Bertz CT molecular complexity index is 1820. The number of fused-ring (bicyclic) bond motifs is 4. The quantitative estimate of drug-likeness (QED) is 0.287. The second-order valence-corrected chi connectivity index (χ2v) is 9.96. The second-order valence-electron chi connectivity index (χ2n) is 9.02. The van der Waals surface area contributed by atoms with Crippen LogP contribution < -0.4 is 5.56 Å². The molecule has 3 aromatic heterocycles. The summed E-state index contributed by atoms with van der Waals surface area (Å²) in [6, 6.07) is 23.6. The minimum Gasteiger partial charge on any atom is -0.268 e. The summed E-state index contributed by atoms with van der Waals surface area (Å²) in [5, 5.41) is 11.4. The number of thioether (sulfide) groups is 1. The zero-order valence-corrected chi connectivity index (χ0v) is 21.0. The van der Waals surface area contributed by atoms with Crippen molar-refractivity contribution in [2.75, 3.05) is 0 Å².